The fourth-order valence-electron chi connectivity index (χ4n) is 2.36. The van der Waals surface area contributed by atoms with E-state index in [1.165, 1.54) is 32.1 Å². The minimum Gasteiger partial charge on any atom is -0.212 e. The molecule has 0 aliphatic heterocycles. The summed E-state index contributed by atoms with van der Waals surface area (Å²) < 4.78 is 26.4. The summed E-state index contributed by atoms with van der Waals surface area (Å²) in [5.74, 6) is 0. The normalized spacial score (nSPS) is 13.1. The Balaban J connectivity index is 4.00. The molecule has 0 heterocycles. The Morgan fingerprint density at radius 1 is 0.950 bits per heavy atom. The van der Waals surface area contributed by atoms with E-state index in [-0.39, 0.29) is 11.8 Å². The second-order valence-electron chi connectivity index (χ2n) is 5.34. The molecule has 0 saturated heterocycles. The van der Waals surface area contributed by atoms with Crippen molar-refractivity contribution in [2.24, 2.45) is 0 Å². The van der Waals surface area contributed by atoms with E-state index in [0.29, 0.717) is 12.8 Å². The fraction of sp³-hybridized carbons (Fsp3) is 0.933. The quantitative estimate of drug-likeness (QED) is 0.416. The molecule has 1 N–H and O–H groups in total. The summed E-state index contributed by atoms with van der Waals surface area (Å²) in [6, 6.07) is 1.83. The van der Waals surface area contributed by atoms with Crippen LogP contribution >= 0.6 is 0 Å². The summed E-state index contributed by atoms with van der Waals surface area (Å²) in [6.07, 6.45) is 10.6. The SMILES string of the molecule is CCCCCCCCCC(CCC)S(=O)(=O)NCC#N. The van der Waals surface area contributed by atoms with Crippen LogP contribution in [0, 0.1) is 11.3 Å². The van der Waals surface area contributed by atoms with Crippen LogP contribution in [0.15, 0.2) is 0 Å². The van der Waals surface area contributed by atoms with Crippen LogP contribution in [-0.4, -0.2) is 20.2 Å². The van der Waals surface area contributed by atoms with Gasteiger partial charge in [-0.05, 0) is 12.8 Å². The predicted molar refractivity (Wildman–Crippen MR) is 83.8 cm³/mol. The van der Waals surface area contributed by atoms with Crippen molar-refractivity contribution >= 4 is 10.0 Å². The lowest BCUT2D eigenvalue weighted by atomic mass is 10.1. The minimum atomic E-state index is -3.32. The van der Waals surface area contributed by atoms with Crippen LogP contribution in [0.2, 0.25) is 0 Å². The van der Waals surface area contributed by atoms with Crippen LogP contribution in [-0.2, 0) is 10.0 Å². The zero-order valence-corrected chi connectivity index (χ0v) is 13.8. The van der Waals surface area contributed by atoms with Crippen LogP contribution in [0.4, 0.5) is 0 Å². The number of hydrogen-bond donors (Lipinski definition) is 1. The Labute approximate surface area is 125 Å². The largest absolute Gasteiger partial charge is 0.215 e. The van der Waals surface area contributed by atoms with Crippen molar-refractivity contribution in [2.45, 2.75) is 83.3 Å². The Morgan fingerprint density at radius 2 is 1.55 bits per heavy atom. The lowest BCUT2D eigenvalue weighted by Gasteiger charge is -2.16. The molecular formula is C15H30N2O2S. The zero-order chi connectivity index (χ0) is 15.3. The van der Waals surface area contributed by atoms with Crippen molar-refractivity contribution in [1.29, 1.82) is 5.26 Å². The number of nitriles is 1. The van der Waals surface area contributed by atoms with Gasteiger partial charge in [0.15, 0.2) is 0 Å². The van der Waals surface area contributed by atoms with E-state index in [2.05, 4.69) is 11.6 Å². The summed E-state index contributed by atoms with van der Waals surface area (Å²) in [5, 5.41) is 8.14. The molecule has 0 saturated carbocycles. The van der Waals surface area contributed by atoms with E-state index in [1.807, 2.05) is 13.0 Å². The summed E-state index contributed by atoms with van der Waals surface area (Å²) in [4.78, 5) is 0. The Kier molecular flexibility index (Phi) is 11.8. The van der Waals surface area contributed by atoms with E-state index in [9.17, 15) is 8.42 Å². The summed E-state index contributed by atoms with van der Waals surface area (Å²) in [7, 11) is -3.32. The molecular weight excluding hydrogens is 272 g/mol. The number of unbranched alkanes of at least 4 members (excludes halogenated alkanes) is 6. The lowest BCUT2D eigenvalue weighted by Crippen LogP contribution is -2.34. The first-order chi connectivity index (χ1) is 9.58. The molecule has 0 aromatic rings. The third-order valence-electron chi connectivity index (χ3n) is 3.53. The van der Waals surface area contributed by atoms with E-state index in [4.69, 9.17) is 5.26 Å². The molecule has 0 aromatic carbocycles. The molecule has 118 valence electrons. The molecule has 1 atom stereocenters. The maximum atomic E-state index is 12.0. The maximum absolute atomic E-state index is 12.0. The molecule has 0 bridgehead atoms. The second-order valence-corrected chi connectivity index (χ2v) is 7.39. The highest BCUT2D eigenvalue weighted by Gasteiger charge is 2.23. The molecule has 0 aliphatic carbocycles. The highest BCUT2D eigenvalue weighted by Crippen LogP contribution is 2.17. The van der Waals surface area contributed by atoms with Crippen LogP contribution < -0.4 is 4.72 Å². The smallest absolute Gasteiger partial charge is 0.212 e. The zero-order valence-electron chi connectivity index (χ0n) is 13.0. The van der Waals surface area contributed by atoms with Crippen molar-refractivity contribution < 1.29 is 8.42 Å². The summed E-state index contributed by atoms with van der Waals surface area (Å²) in [6.45, 7) is 4.07. The molecule has 0 rings (SSSR count). The highest BCUT2D eigenvalue weighted by atomic mass is 32.2. The maximum Gasteiger partial charge on any atom is 0.215 e. The van der Waals surface area contributed by atoms with Crippen molar-refractivity contribution in [3.63, 3.8) is 0 Å². The minimum absolute atomic E-state index is 0.125. The van der Waals surface area contributed by atoms with Gasteiger partial charge in [-0.25, -0.2) is 13.1 Å². The van der Waals surface area contributed by atoms with E-state index in [0.717, 1.165) is 19.3 Å². The standard InChI is InChI=1S/C15H30N2O2S/c1-3-5-6-7-8-9-10-12-15(11-4-2)20(18,19)17-14-13-16/h15,17H,3-12,14H2,1-2H3. The van der Waals surface area contributed by atoms with E-state index in [1.54, 1.807) is 0 Å². The number of sulfonamides is 1. The first-order valence-electron chi connectivity index (χ1n) is 7.93. The van der Waals surface area contributed by atoms with Crippen molar-refractivity contribution in [3.8, 4) is 6.07 Å². The van der Waals surface area contributed by atoms with Gasteiger partial charge in [0.2, 0.25) is 10.0 Å². The van der Waals surface area contributed by atoms with Crippen molar-refractivity contribution in [1.82, 2.24) is 4.72 Å². The van der Waals surface area contributed by atoms with Gasteiger partial charge in [-0.2, -0.15) is 5.26 Å². The first kappa shape index (κ1) is 19.4. The third kappa shape index (κ3) is 9.33. The number of nitrogens with one attached hydrogen (secondary N) is 1. The number of rotatable bonds is 13. The highest BCUT2D eigenvalue weighted by molar-refractivity contribution is 7.90. The first-order valence-corrected chi connectivity index (χ1v) is 9.48. The molecule has 20 heavy (non-hydrogen) atoms. The van der Waals surface area contributed by atoms with Crippen LogP contribution in [0.25, 0.3) is 0 Å². The predicted octanol–water partition coefficient (Wildman–Crippen LogP) is 3.74. The molecule has 5 heteroatoms. The van der Waals surface area contributed by atoms with Gasteiger partial charge in [-0.15, -0.1) is 0 Å². The lowest BCUT2D eigenvalue weighted by molar-refractivity contribution is 0.522. The van der Waals surface area contributed by atoms with E-state index < -0.39 is 10.0 Å². The molecule has 0 amide bonds. The summed E-state index contributed by atoms with van der Waals surface area (Å²) >= 11 is 0. The Bertz CT molecular complexity index is 361. The van der Waals surface area contributed by atoms with E-state index >= 15 is 0 Å². The molecule has 0 fully saturated rings. The third-order valence-corrected chi connectivity index (χ3v) is 5.43. The number of nitrogens with zero attached hydrogens (tertiary/aromatic N) is 1. The van der Waals surface area contributed by atoms with Crippen LogP contribution in [0.1, 0.15) is 78.1 Å². The van der Waals surface area contributed by atoms with Gasteiger partial charge < -0.3 is 0 Å². The average molecular weight is 302 g/mol. The van der Waals surface area contributed by atoms with Gasteiger partial charge in [-0.3, -0.25) is 0 Å². The molecule has 0 spiro atoms. The van der Waals surface area contributed by atoms with Crippen LogP contribution in [0.3, 0.4) is 0 Å². The molecule has 0 aliphatic rings. The Hall–Kier alpha value is -0.600. The molecule has 0 aromatic heterocycles. The number of hydrogen-bond acceptors (Lipinski definition) is 3. The van der Waals surface area contributed by atoms with Gasteiger partial charge in [0.05, 0.1) is 17.9 Å². The monoisotopic (exact) mass is 302 g/mol. The molecule has 4 nitrogen and oxygen atoms in total. The summed E-state index contributed by atoms with van der Waals surface area (Å²) in [5.41, 5.74) is 0. The second kappa shape index (κ2) is 12.2. The van der Waals surface area contributed by atoms with Gasteiger partial charge in [-0.1, -0.05) is 65.2 Å². The average Bonchev–Trinajstić information content (AvgIpc) is 2.43. The van der Waals surface area contributed by atoms with Gasteiger partial charge in [0.25, 0.3) is 0 Å². The Morgan fingerprint density at radius 3 is 2.10 bits per heavy atom. The van der Waals surface area contributed by atoms with Gasteiger partial charge in [0.1, 0.15) is 0 Å². The molecule has 0 radical (unpaired) electrons. The van der Waals surface area contributed by atoms with Gasteiger partial charge >= 0.3 is 0 Å². The fourth-order valence-corrected chi connectivity index (χ4v) is 3.88. The van der Waals surface area contributed by atoms with Crippen molar-refractivity contribution in [2.75, 3.05) is 6.54 Å². The molecule has 1 unspecified atom stereocenters. The van der Waals surface area contributed by atoms with Crippen molar-refractivity contribution in [3.05, 3.63) is 0 Å². The van der Waals surface area contributed by atoms with Crippen LogP contribution in [0.5, 0.6) is 0 Å². The topological polar surface area (TPSA) is 70.0 Å². The van der Waals surface area contributed by atoms with Gasteiger partial charge in [0, 0.05) is 0 Å².